The molecule has 1 nitrogen and oxygen atoms in total. The van der Waals surface area contributed by atoms with Gasteiger partial charge in [0.1, 0.15) is 0 Å². The van der Waals surface area contributed by atoms with Crippen LogP contribution in [0.2, 0.25) is 32.7 Å². The van der Waals surface area contributed by atoms with Gasteiger partial charge >= 0.3 is 0 Å². The molecule has 0 saturated carbocycles. The highest BCUT2D eigenvalue weighted by atomic mass is 35.7. The Morgan fingerprint density at radius 3 is 1.71 bits per heavy atom. The van der Waals surface area contributed by atoms with Crippen LogP contribution in [0.15, 0.2) is 0 Å². The van der Waals surface area contributed by atoms with Crippen LogP contribution in [0.1, 0.15) is 13.3 Å². The molecular formula is C8H22Cl2OSi3. The van der Waals surface area contributed by atoms with Crippen LogP contribution < -0.4 is 0 Å². The standard InChI is InChI=1S/C8H22Cl2OSi3/c1-7-8(12(2)3,13(9)10)11-14(4,5)6/h12-13H,7H2,1-6H3. The summed E-state index contributed by atoms with van der Waals surface area (Å²) >= 11 is 12.5. The SMILES string of the molecule is CCC(O[Si](C)(C)C)([SiH](C)C)[SiH](Cl)Cl. The summed E-state index contributed by atoms with van der Waals surface area (Å²) in [5, 5.41) is 0. The van der Waals surface area contributed by atoms with E-state index in [9.17, 15) is 0 Å². The van der Waals surface area contributed by atoms with Crippen molar-refractivity contribution in [2.75, 3.05) is 0 Å². The van der Waals surface area contributed by atoms with Gasteiger partial charge in [-0.15, -0.1) is 22.2 Å². The fourth-order valence-corrected chi connectivity index (χ4v) is 15.7. The van der Waals surface area contributed by atoms with Crippen LogP contribution in [-0.4, -0.2) is 29.4 Å². The van der Waals surface area contributed by atoms with Crippen molar-refractivity contribution in [3.63, 3.8) is 0 Å². The number of hydrogen-bond donors (Lipinski definition) is 0. The lowest BCUT2D eigenvalue weighted by Crippen LogP contribution is -2.57. The first kappa shape index (κ1) is 15.2. The van der Waals surface area contributed by atoms with Crippen molar-refractivity contribution in [3.8, 4) is 0 Å². The first-order chi connectivity index (χ1) is 6.15. The molecule has 6 heteroatoms. The Balaban J connectivity index is 4.87. The summed E-state index contributed by atoms with van der Waals surface area (Å²) in [5.74, 6) is 0. The van der Waals surface area contributed by atoms with Gasteiger partial charge in [-0.2, -0.15) is 0 Å². The Hall–Kier alpha value is 1.19. The minimum absolute atomic E-state index is 0.104. The second-order valence-corrected chi connectivity index (χ2v) is 18.2. The largest absolute Gasteiger partial charge is 0.416 e. The van der Waals surface area contributed by atoms with Gasteiger partial charge in [-0.3, -0.25) is 0 Å². The van der Waals surface area contributed by atoms with Crippen molar-refractivity contribution in [3.05, 3.63) is 0 Å². The summed E-state index contributed by atoms with van der Waals surface area (Å²) < 4.78 is 6.30. The van der Waals surface area contributed by atoms with Crippen LogP contribution in [0.5, 0.6) is 0 Å². The quantitative estimate of drug-likeness (QED) is 0.557. The molecule has 0 aliphatic heterocycles. The van der Waals surface area contributed by atoms with Gasteiger partial charge in [-0.05, 0) is 26.1 Å². The molecule has 0 spiro atoms. The predicted molar refractivity (Wildman–Crippen MR) is 75.2 cm³/mol. The van der Waals surface area contributed by atoms with E-state index in [2.05, 4.69) is 39.7 Å². The van der Waals surface area contributed by atoms with Crippen LogP contribution >= 0.6 is 22.2 Å². The van der Waals surface area contributed by atoms with Crippen LogP contribution in [0, 0.1) is 0 Å². The van der Waals surface area contributed by atoms with E-state index in [-0.39, 0.29) is 4.85 Å². The first-order valence-electron chi connectivity index (χ1n) is 5.14. The second-order valence-electron chi connectivity index (χ2n) is 4.98. The minimum atomic E-state index is -1.76. The summed E-state index contributed by atoms with van der Waals surface area (Å²) in [7, 11) is -4.27. The molecule has 1 unspecified atom stereocenters. The van der Waals surface area contributed by atoms with E-state index in [0.29, 0.717) is 0 Å². The van der Waals surface area contributed by atoms with Crippen molar-refractivity contribution < 1.29 is 4.43 Å². The zero-order valence-corrected chi connectivity index (χ0v) is 14.8. The molecule has 86 valence electrons. The van der Waals surface area contributed by atoms with E-state index in [4.69, 9.17) is 26.6 Å². The Morgan fingerprint density at radius 1 is 1.21 bits per heavy atom. The molecule has 0 aliphatic rings. The fourth-order valence-electron chi connectivity index (χ4n) is 1.62. The lowest BCUT2D eigenvalue weighted by molar-refractivity contribution is 0.218. The molecule has 0 aliphatic carbocycles. The first-order valence-corrected chi connectivity index (χ1v) is 15.5. The van der Waals surface area contributed by atoms with Gasteiger partial charge in [0.05, 0.1) is 13.6 Å². The Morgan fingerprint density at radius 2 is 1.64 bits per heavy atom. The van der Waals surface area contributed by atoms with Gasteiger partial charge in [0, 0.05) is 0 Å². The second kappa shape index (κ2) is 5.50. The smallest absolute Gasteiger partial charge is 0.262 e. The molecule has 0 N–H and O–H groups in total. The van der Waals surface area contributed by atoms with E-state index in [1.165, 1.54) is 0 Å². The molecule has 0 heterocycles. The minimum Gasteiger partial charge on any atom is -0.416 e. The molecule has 0 radical (unpaired) electrons. The summed E-state index contributed by atoms with van der Waals surface area (Å²) in [6, 6.07) is 0. The third kappa shape index (κ3) is 3.98. The maximum Gasteiger partial charge on any atom is 0.262 e. The molecule has 0 bridgehead atoms. The molecule has 0 aromatic carbocycles. The van der Waals surface area contributed by atoms with E-state index in [1.807, 2.05) is 0 Å². The Labute approximate surface area is 102 Å². The highest BCUT2D eigenvalue weighted by Gasteiger charge is 2.44. The van der Waals surface area contributed by atoms with Crippen molar-refractivity contribution in [2.45, 2.75) is 50.9 Å². The number of hydrogen-bond acceptors (Lipinski definition) is 1. The van der Waals surface area contributed by atoms with Gasteiger partial charge in [0.25, 0.3) is 7.42 Å². The summed E-state index contributed by atoms with van der Waals surface area (Å²) in [4.78, 5) is -0.104. The van der Waals surface area contributed by atoms with E-state index >= 15 is 0 Å². The third-order valence-electron chi connectivity index (χ3n) is 2.40. The summed E-state index contributed by atoms with van der Waals surface area (Å²) in [6.07, 6.45) is 0.977. The van der Waals surface area contributed by atoms with Crippen molar-refractivity contribution in [1.29, 1.82) is 0 Å². The third-order valence-corrected chi connectivity index (χ3v) is 14.1. The van der Waals surface area contributed by atoms with E-state index in [1.54, 1.807) is 0 Å². The molecule has 0 saturated heterocycles. The van der Waals surface area contributed by atoms with Crippen LogP contribution in [0.4, 0.5) is 0 Å². The molecule has 14 heavy (non-hydrogen) atoms. The molecule has 0 rings (SSSR count). The van der Waals surface area contributed by atoms with Gasteiger partial charge in [0.2, 0.25) is 0 Å². The fraction of sp³-hybridized carbons (Fsp3) is 1.00. The predicted octanol–water partition coefficient (Wildman–Crippen LogP) is 3.25. The maximum absolute atomic E-state index is 6.30. The monoisotopic (exact) mass is 288 g/mol. The highest BCUT2D eigenvalue weighted by Crippen LogP contribution is 2.31. The van der Waals surface area contributed by atoms with Crippen LogP contribution in [0.25, 0.3) is 0 Å². The normalized spacial score (nSPS) is 17.6. The van der Waals surface area contributed by atoms with Gasteiger partial charge < -0.3 is 4.43 Å². The Bertz CT molecular complexity index is 172. The molecule has 0 amide bonds. The topological polar surface area (TPSA) is 9.23 Å². The molecule has 0 aromatic rings. The lowest BCUT2D eigenvalue weighted by Gasteiger charge is -2.42. The molecule has 0 fully saturated rings. The lowest BCUT2D eigenvalue weighted by atomic mass is 10.5. The molecular weight excluding hydrogens is 267 g/mol. The van der Waals surface area contributed by atoms with Crippen LogP contribution in [0.3, 0.4) is 0 Å². The number of halogens is 2. The zero-order valence-electron chi connectivity index (χ0n) is 10.0. The van der Waals surface area contributed by atoms with Crippen LogP contribution in [-0.2, 0) is 4.43 Å². The average Bonchev–Trinajstić information content (AvgIpc) is 1.97. The van der Waals surface area contributed by atoms with E-state index in [0.717, 1.165) is 6.42 Å². The average molecular weight is 289 g/mol. The Kier molecular flexibility index (Phi) is 5.97. The zero-order chi connectivity index (χ0) is 11.6. The highest BCUT2D eigenvalue weighted by molar-refractivity contribution is 7.37. The number of rotatable bonds is 5. The van der Waals surface area contributed by atoms with Gasteiger partial charge in [0.15, 0.2) is 8.32 Å². The van der Waals surface area contributed by atoms with Crippen molar-refractivity contribution in [1.82, 2.24) is 0 Å². The maximum atomic E-state index is 6.30. The molecule has 1 atom stereocenters. The van der Waals surface area contributed by atoms with Gasteiger partial charge in [-0.1, -0.05) is 20.0 Å². The van der Waals surface area contributed by atoms with Crippen molar-refractivity contribution in [2.24, 2.45) is 0 Å². The molecule has 0 aromatic heterocycles. The summed E-state index contributed by atoms with van der Waals surface area (Å²) in [6.45, 7) is 13.3. The van der Waals surface area contributed by atoms with E-state index < -0.39 is 24.5 Å². The van der Waals surface area contributed by atoms with Gasteiger partial charge in [-0.25, -0.2) is 0 Å². The summed E-state index contributed by atoms with van der Waals surface area (Å²) in [5.41, 5.74) is 0. The van der Waals surface area contributed by atoms with Crippen molar-refractivity contribution >= 4 is 46.7 Å².